The molecule has 0 aliphatic carbocycles. The first-order valence-corrected chi connectivity index (χ1v) is 12.4. The molecule has 2 heterocycles. The van der Waals surface area contributed by atoms with E-state index in [-0.39, 0.29) is 17.0 Å². The Kier molecular flexibility index (Phi) is 5.60. The minimum atomic E-state index is -3.59. The van der Waals surface area contributed by atoms with Crippen molar-refractivity contribution in [2.24, 2.45) is 7.05 Å². The summed E-state index contributed by atoms with van der Waals surface area (Å²) in [5.41, 5.74) is 4.77. The Balaban J connectivity index is 1.65. The summed E-state index contributed by atoms with van der Waals surface area (Å²) in [4.78, 5) is 4.51. The third kappa shape index (κ3) is 4.52. The van der Waals surface area contributed by atoms with Crippen molar-refractivity contribution in [3.63, 3.8) is 0 Å². The molecule has 0 saturated heterocycles. The highest BCUT2D eigenvalue weighted by atomic mass is 32.2. The highest BCUT2D eigenvalue weighted by Crippen LogP contribution is 2.32. The third-order valence-electron chi connectivity index (χ3n) is 5.68. The maximum absolute atomic E-state index is 14.6. The number of sulfonamides is 1. The number of aromatic nitrogens is 4. The Bertz CT molecular complexity index is 1670. The van der Waals surface area contributed by atoms with E-state index in [4.69, 9.17) is 0 Å². The smallest absolute Gasteiger partial charge is 0.232 e. The predicted octanol–water partition coefficient (Wildman–Crippen LogP) is 5.13. The monoisotopic (exact) mass is 493 g/mol. The molecule has 0 atom stereocenters. The number of hydrogen-bond donors (Lipinski definition) is 1. The van der Waals surface area contributed by atoms with Gasteiger partial charge in [0.2, 0.25) is 10.0 Å². The number of benzene rings is 3. The van der Waals surface area contributed by atoms with Gasteiger partial charge in [-0.25, -0.2) is 22.2 Å². The predicted molar refractivity (Wildman–Crippen MR) is 132 cm³/mol. The number of hydrogen-bond acceptors (Lipinski definition) is 4. The van der Waals surface area contributed by atoms with Crippen molar-refractivity contribution in [2.75, 3.05) is 10.5 Å². The summed E-state index contributed by atoms with van der Waals surface area (Å²) in [6.07, 6.45) is 5.30. The molecular formula is C25H21F2N5O2S. The summed E-state index contributed by atoms with van der Waals surface area (Å²) in [7, 11) is -1.74. The molecule has 1 N–H and O–H groups in total. The van der Waals surface area contributed by atoms with Crippen molar-refractivity contribution in [1.82, 2.24) is 19.3 Å². The zero-order chi connectivity index (χ0) is 24.7. The van der Waals surface area contributed by atoms with Gasteiger partial charge in [0.05, 0.1) is 28.7 Å². The molecule has 7 nitrogen and oxygen atoms in total. The van der Waals surface area contributed by atoms with Gasteiger partial charge in [-0.1, -0.05) is 6.07 Å². The molecule has 35 heavy (non-hydrogen) atoms. The fourth-order valence-corrected chi connectivity index (χ4v) is 4.53. The minimum absolute atomic E-state index is 0.122. The van der Waals surface area contributed by atoms with Crippen LogP contribution >= 0.6 is 0 Å². The van der Waals surface area contributed by atoms with Crippen molar-refractivity contribution in [3.05, 3.63) is 85.0 Å². The van der Waals surface area contributed by atoms with Crippen molar-refractivity contribution in [3.8, 4) is 27.9 Å². The lowest BCUT2D eigenvalue weighted by molar-refractivity contribution is 0.585. The van der Waals surface area contributed by atoms with Gasteiger partial charge >= 0.3 is 0 Å². The molecule has 0 radical (unpaired) electrons. The van der Waals surface area contributed by atoms with Gasteiger partial charge in [-0.2, -0.15) is 5.10 Å². The molecule has 0 aliphatic rings. The highest BCUT2D eigenvalue weighted by molar-refractivity contribution is 7.92. The summed E-state index contributed by atoms with van der Waals surface area (Å²) in [6.45, 7) is 1.52. The average molecular weight is 494 g/mol. The van der Waals surface area contributed by atoms with Crippen LogP contribution in [-0.4, -0.2) is 33.5 Å². The van der Waals surface area contributed by atoms with Gasteiger partial charge < -0.3 is 0 Å². The summed E-state index contributed by atoms with van der Waals surface area (Å²) in [5, 5.41) is 4.20. The molecule has 0 bridgehead atoms. The lowest BCUT2D eigenvalue weighted by atomic mass is 10.0. The first-order valence-electron chi connectivity index (χ1n) is 10.8. The van der Waals surface area contributed by atoms with Gasteiger partial charge in [-0.15, -0.1) is 0 Å². The van der Waals surface area contributed by atoms with E-state index in [1.807, 2.05) is 31.4 Å². The molecule has 0 fully saturated rings. The summed E-state index contributed by atoms with van der Waals surface area (Å²) in [5.74, 6) is -1.56. The third-order valence-corrected chi connectivity index (χ3v) is 6.98. The first-order chi connectivity index (χ1) is 16.7. The van der Waals surface area contributed by atoms with Crippen LogP contribution < -0.4 is 4.72 Å². The molecule has 2 aromatic heterocycles. The van der Waals surface area contributed by atoms with Crippen LogP contribution in [0.1, 0.15) is 6.92 Å². The summed E-state index contributed by atoms with van der Waals surface area (Å²) >= 11 is 0. The van der Waals surface area contributed by atoms with Crippen LogP contribution in [0.4, 0.5) is 14.5 Å². The zero-order valence-electron chi connectivity index (χ0n) is 18.9. The molecule has 10 heteroatoms. The molecule has 0 unspecified atom stereocenters. The number of imidazole rings is 1. The second kappa shape index (κ2) is 8.62. The molecular weight excluding hydrogens is 472 g/mol. The molecule has 0 spiro atoms. The van der Waals surface area contributed by atoms with Crippen molar-refractivity contribution < 1.29 is 17.2 Å². The quantitative estimate of drug-likeness (QED) is 0.355. The number of anilines is 1. The average Bonchev–Trinajstić information content (AvgIpc) is 3.44. The Morgan fingerprint density at radius 2 is 1.80 bits per heavy atom. The fraction of sp³-hybridized carbons (Fsp3) is 0.120. The maximum Gasteiger partial charge on any atom is 0.232 e. The van der Waals surface area contributed by atoms with Gasteiger partial charge in [0.15, 0.2) is 0 Å². The zero-order valence-corrected chi connectivity index (χ0v) is 19.7. The van der Waals surface area contributed by atoms with Gasteiger partial charge in [0.25, 0.3) is 0 Å². The first kappa shape index (κ1) is 22.7. The van der Waals surface area contributed by atoms with Crippen LogP contribution in [0.5, 0.6) is 0 Å². The van der Waals surface area contributed by atoms with E-state index < -0.39 is 21.7 Å². The molecule has 0 saturated carbocycles. The Morgan fingerprint density at radius 1 is 0.971 bits per heavy atom. The van der Waals surface area contributed by atoms with Crippen LogP contribution in [-0.2, 0) is 17.1 Å². The summed E-state index contributed by atoms with van der Waals surface area (Å²) < 4.78 is 58.6. The molecule has 3 aromatic carbocycles. The number of aryl methyl sites for hydroxylation is 1. The second-order valence-electron chi connectivity index (χ2n) is 8.12. The van der Waals surface area contributed by atoms with E-state index in [1.165, 1.54) is 19.1 Å². The summed E-state index contributed by atoms with van der Waals surface area (Å²) in [6, 6.07) is 13.9. The number of halogens is 2. The number of nitrogens with one attached hydrogen (secondary N) is 1. The van der Waals surface area contributed by atoms with Crippen LogP contribution in [0.15, 0.2) is 73.3 Å². The Hall–Kier alpha value is -4.05. The van der Waals surface area contributed by atoms with E-state index in [0.717, 1.165) is 34.3 Å². The molecule has 5 rings (SSSR count). The SMILES string of the molecule is CCS(=O)(=O)Nc1cc(-c2ccc(F)cc2F)cc(-n2cnc3cc(-c4cnn(C)c4)ccc32)c1. The van der Waals surface area contributed by atoms with E-state index in [2.05, 4.69) is 14.8 Å². The Labute approximate surface area is 200 Å². The number of nitrogens with zero attached hydrogens (tertiary/aromatic N) is 4. The number of fused-ring (bicyclic) bond motifs is 1. The van der Waals surface area contributed by atoms with E-state index in [9.17, 15) is 17.2 Å². The van der Waals surface area contributed by atoms with Gasteiger partial charge in [-0.05, 0) is 60.5 Å². The largest absolute Gasteiger partial charge is 0.299 e. The standard InChI is InChI=1S/C25H21F2N5O2S/c1-3-35(33,34)30-20-8-17(22-6-5-19(26)11-23(22)27)9-21(12-20)32-15-28-24-10-16(4-7-25(24)32)18-13-29-31(2)14-18/h4-15,30H,3H2,1-2H3. The van der Waals surface area contributed by atoms with Crippen molar-refractivity contribution in [2.45, 2.75) is 6.92 Å². The topological polar surface area (TPSA) is 81.8 Å². The van der Waals surface area contributed by atoms with E-state index >= 15 is 0 Å². The van der Waals surface area contributed by atoms with Crippen LogP contribution in [0.3, 0.4) is 0 Å². The van der Waals surface area contributed by atoms with E-state index in [1.54, 1.807) is 33.9 Å². The van der Waals surface area contributed by atoms with Crippen LogP contribution in [0, 0.1) is 11.6 Å². The fourth-order valence-electron chi connectivity index (χ4n) is 3.91. The van der Waals surface area contributed by atoms with Gasteiger partial charge in [-0.3, -0.25) is 14.0 Å². The lowest BCUT2D eigenvalue weighted by Crippen LogP contribution is -2.15. The van der Waals surface area contributed by atoms with Crippen LogP contribution in [0.25, 0.3) is 39.0 Å². The van der Waals surface area contributed by atoms with Crippen molar-refractivity contribution >= 4 is 26.7 Å². The molecule has 0 amide bonds. The maximum atomic E-state index is 14.6. The van der Waals surface area contributed by atoms with Crippen molar-refractivity contribution in [1.29, 1.82) is 0 Å². The number of rotatable bonds is 6. The molecule has 0 aliphatic heterocycles. The molecule has 178 valence electrons. The van der Waals surface area contributed by atoms with Gasteiger partial charge in [0.1, 0.15) is 18.0 Å². The van der Waals surface area contributed by atoms with Crippen LogP contribution in [0.2, 0.25) is 0 Å². The minimum Gasteiger partial charge on any atom is -0.299 e. The highest BCUT2D eigenvalue weighted by Gasteiger charge is 2.15. The molecule has 5 aromatic rings. The second-order valence-corrected chi connectivity index (χ2v) is 10.1. The Morgan fingerprint density at radius 3 is 2.51 bits per heavy atom. The lowest BCUT2D eigenvalue weighted by Gasteiger charge is -2.14. The normalized spacial score (nSPS) is 11.8. The van der Waals surface area contributed by atoms with Gasteiger partial charge in [0, 0.05) is 36.1 Å². The van der Waals surface area contributed by atoms with E-state index in [0.29, 0.717) is 11.3 Å².